The van der Waals surface area contributed by atoms with Crippen molar-refractivity contribution in [2.24, 2.45) is 4.99 Å². The molecule has 0 radical (unpaired) electrons. The van der Waals surface area contributed by atoms with Gasteiger partial charge in [-0.1, -0.05) is 44.2 Å². The first-order valence-electron chi connectivity index (χ1n) is 9.04. The van der Waals surface area contributed by atoms with Gasteiger partial charge in [0.05, 0.1) is 12.3 Å². The average Bonchev–Trinajstić information content (AvgIpc) is 3.18. The van der Waals surface area contributed by atoms with Crippen molar-refractivity contribution in [1.82, 2.24) is 15.5 Å². The Hall–Kier alpha value is -1.54. The van der Waals surface area contributed by atoms with Crippen LogP contribution < -0.4 is 10.6 Å². The molecule has 144 valence electrons. The van der Waals surface area contributed by atoms with Crippen molar-refractivity contribution in [2.45, 2.75) is 26.3 Å². The smallest absolute Gasteiger partial charge is 0.191 e. The number of benzene rings is 1. The van der Waals surface area contributed by atoms with Crippen molar-refractivity contribution in [1.29, 1.82) is 0 Å². The van der Waals surface area contributed by atoms with Gasteiger partial charge in [-0.3, -0.25) is 9.89 Å². The fraction of sp³-hybridized carbons (Fsp3) is 0.450. The third-order valence-electron chi connectivity index (χ3n) is 4.36. The van der Waals surface area contributed by atoms with Gasteiger partial charge in [-0.2, -0.15) is 0 Å². The molecule has 1 unspecified atom stereocenters. The second-order valence-electron chi connectivity index (χ2n) is 5.87. The summed E-state index contributed by atoms with van der Waals surface area (Å²) in [5.41, 5.74) is 1.32. The zero-order chi connectivity index (χ0) is 17.9. The van der Waals surface area contributed by atoms with Crippen molar-refractivity contribution in [3.8, 4) is 0 Å². The minimum atomic E-state index is 0. The summed E-state index contributed by atoms with van der Waals surface area (Å²) in [6, 6.07) is 14.6. The topological polar surface area (TPSA) is 52.8 Å². The van der Waals surface area contributed by atoms with Gasteiger partial charge in [0, 0.05) is 20.1 Å². The van der Waals surface area contributed by atoms with Crippen LogP contribution in [0.2, 0.25) is 0 Å². The zero-order valence-corrected chi connectivity index (χ0v) is 18.3. The van der Waals surface area contributed by atoms with E-state index in [1.54, 1.807) is 13.3 Å². The normalized spacial score (nSPS) is 12.5. The molecule has 0 spiro atoms. The summed E-state index contributed by atoms with van der Waals surface area (Å²) in [5, 5.41) is 6.81. The van der Waals surface area contributed by atoms with Crippen molar-refractivity contribution in [3.63, 3.8) is 0 Å². The molecule has 6 heteroatoms. The highest BCUT2D eigenvalue weighted by molar-refractivity contribution is 14.0. The SMILES string of the molecule is CCN(CC)C(CNC(=NC)NCCc1ccccc1)c1ccco1.I. The Morgan fingerprint density at radius 3 is 2.38 bits per heavy atom. The minimum Gasteiger partial charge on any atom is -0.468 e. The fourth-order valence-corrected chi connectivity index (χ4v) is 2.94. The zero-order valence-electron chi connectivity index (χ0n) is 15.9. The first-order chi connectivity index (χ1) is 12.3. The van der Waals surface area contributed by atoms with Crippen molar-refractivity contribution in [2.75, 3.05) is 33.2 Å². The van der Waals surface area contributed by atoms with Crippen LogP contribution in [0.1, 0.15) is 31.2 Å². The molecule has 26 heavy (non-hydrogen) atoms. The number of aliphatic imine (C=N–C) groups is 1. The van der Waals surface area contributed by atoms with Crippen LogP contribution in [0.5, 0.6) is 0 Å². The van der Waals surface area contributed by atoms with Gasteiger partial charge in [-0.25, -0.2) is 0 Å². The Morgan fingerprint density at radius 1 is 1.08 bits per heavy atom. The minimum absolute atomic E-state index is 0. The van der Waals surface area contributed by atoms with Crippen molar-refractivity contribution >= 4 is 29.9 Å². The van der Waals surface area contributed by atoms with Gasteiger partial charge in [0.2, 0.25) is 0 Å². The first-order valence-corrected chi connectivity index (χ1v) is 9.04. The number of furan rings is 1. The number of hydrogen-bond donors (Lipinski definition) is 2. The molecule has 1 aromatic carbocycles. The van der Waals surface area contributed by atoms with E-state index in [0.717, 1.165) is 44.3 Å². The molecule has 0 aliphatic carbocycles. The quantitative estimate of drug-likeness (QED) is 0.334. The predicted molar refractivity (Wildman–Crippen MR) is 119 cm³/mol. The summed E-state index contributed by atoms with van der Waals surface area (Å²) in [7, 11) is 1.80. The fourth-order valence-electron chi connectivity index (χ4n) is 2.94. The lowest BCUT2D eigenvalue weighted by atomic mass is 10.1. The summed E-state index contributed by atoms with van der Waals surface area (Å²) in [6.45, 7) is 7.90. The van der Waals surface area contributed by atoms with Crippen LogP contribution in [0.25, 0.3) is 0 Å². The van der Waals surface area contributed by atoms with E-state index >= 15 is 0 Å². The highest BCUT2D eigenvalue weighted by Crippen LogP contribution is 2.20. The van der Waals surface area contributed by atoms with Crippen LogP contribution >= 0.6 is 24.0 Å². The van der Waals surface area contributed by atoms with Gasteiger partial charge in [0.1, 0.15) is 5.76 Å². The Bertz CT molecular complexity index is 612. The van der Waals surface area contributed by atoms with Crippen LogP contribution in [-0.4, -0.2) is 44.1 Å². The molecule has 1 heterocycles. The van der Waals surface area contributed by atoms with Gasteiger partial charge < -0.3 is 15.1 Å². The number of halogens is 1. The van der Waals surface area contributed by atoms with Gasteiger partial charge in [-0.15, -0.1) is 24.0 Å². The van der Waals surface area contributed by atoms with E-state index in [-0.39, 0.29) is 30.0 Å². The largest absolute Gasteiger partial charge is 0.468 e. The van der Waals surface area contributed by atoms with Crippen LogP contribution in [0, 0.1) is 0 Å². The molecule has 0 saturated carbocycles. The first kappa shape index (κ1) is 22.5. The molecule has 5 nitrogen and oxygen atoms in total. The molecule has 1 aromatic heterocycles. The van der Waals surface area contributed by atoms with Crippen LogP contribution in [0.3, 0.4) is 0 Å². The summed E-state index contributed by atoms with van der Waals surface area (Å²) in [5.74, 6) is 1.80. The molecule has 1 atom stereocenters. The number of guanidine groups is 1. The monoisotopic (exact) mass is 470 g/mol. The number of nitrogens with zero attached hydrogens (tertiary/aromatic N) is 2. The molecule has 0 aliphatic rings. The Kier molecular flexibility index (Phi) is 11.0. The highest BCUT2D eigenvalue weighted by Gasteiger charge is 2.20. The van der Waals surface area contributed by atoms with Gasteiger partial charge in [0.15, 0.2) is 5.96 Å². The second-order valence-corrected chi connectivity index (χ2v) is 5.87. The lowest BCUT2D eigenvalue weighted by Gasteiger charge is -2.28. The lowest BCUT2D eigenvalue weighted by molar-refractivity contribution is 0.193. The Labute approximate surface area is 174 Å². The van der Waals surface area contributed by atoms with E-state index in [2.05, 4.69) is 58.6 Å². The summed E-state index contributed by atoms with van der Waals surface area (Å²) in [4.78, 5) is 6.71. The van der Waals surface area contributed by atoms with E-state index in [0.29, 0.717) is 0 Å². The number of nitrogens with one attached hydrogen (secondary N) is 2. The van der Waals surface area contributed by atoms with Gasteiger partial charge in [0.25, 0.3) is 0 Å². The molecule has 2 N–H and O–H groups in total. The second kappa shape index (κ2) is 12.8. The van der Waals surface area contributed by atoms with Crippen LogP contribution in [-0.2, 0) is 6.42 Å². The molecule has 0 saturated heterocycles. The van der Waals surface area contributed by atoms with Gasteiger partial charge in [-0.05, 0) is 37.2 Å². The summed E-state index contributed by atoms with van der Waals surface area (Å²) in [6.07, 6.45) is 2.71. The van der Waals surface area contributed by atoms with Crippen molar-refractivity contribution < 1.29 is 4.42 Å². The molecule has 0 bridgehead atoms. The van der Waals surface area contributed by atoms with E-state index in [9.17, 15) is 0 Å². The maximum Gasteiger partial charge on any atom is 0.191 e. The number of hydrogen-bond acceptors (Lipinski definition) is 3. The molecule has 2 rings (SSSR count). The van der Waals surface area contributed by atoms with Crippen molar-refractivity contribution in [3.05, 3.63) is 60.1 Å². The summed E-state index contributed by atoms with van der Waals surface area (Å²) < 4.78 is 5.64. The number of rotatable bonds is 9. The molecular formula is C20H31IN4O. The Balaban J connectivity index is 0.00000338. The predicted octanol–water partition coefficient (Wildman–Crippen LogP) is 3.69. The molecule has 0 amide bonds. The molecule has 0 aliphatic heterocycles. The third kappa shape index (κ3) is 6.99. The van der Waals surface area contributed by atoms with E-state index in [1.165, 1.54) is 5.56 Å². The maximum atomic E-state index is 5.64. The standard InChI is InChI=1S/C20H30N4O.HI/c1-4-24(5-2)18(19-12-9-15-25-19)16-23-20(21-3)22-14-13-17-10-7-6-8-11-17;/h6-12,15,18H,4-5,13-14,16H2,1-3H3,(H2,21,22,23);1H. The highest BCUT2D eigenvalue weighted by atomic mass is 127. The molecular weight excluding hydrogens is 439 g/mol. The molecule has 2 aromatic rings. The average molecular weight is 470 g/mol. The third-order valence-corrected chi connectivity index (χ3v) is 4.36. The van der Waals surface area contributed by atoms with Crippen LogP contribution in [0.4, 0.5) is 0 Å². The summed E-state index contributed by atoms with van der Waals surface area (Å²) >= 11 is 0. The van der Waals surface area contributed by atoms with Gasteiger partial charge >= 0.3 is 0 Å². The van der Waals surface area contributed by atoms with Crippen LogP contribution in [0.15, 0.2) is 58.1 Å². The van der Waals surface area contributed by atoms with E-state index in [1.807, 2.05) is 18.2 Å². The maximum absolute atomic E-state index is 5.64. The number of likely N-dealkylation sites (N-methyl/N-ethyl adjacent to an activating group) is 1. The van der Waals surface area contributed by atoms with E-state index in [4.69, 9.17) is 4.42 Å². The lowest BCUT2D eigenvalue weighted by Crippen LogP contribution is -2.43. The Morgan fingerprint density at radius 2 is 1.81 bits per heavy atom. The van der Waals surface area contributed by atoms with E-state index < -0.39 is 0 Å². The molecule has 0 fully saturated rings.